The zero-order chi connectivity index (χ0) is 11.4. The minimum atomic E-state index is 0.318. The van der Waals surface area contributed by atoms with Gasteiger partial charge in [-0.15, -0.1) is 6.58 Å². The van der Waals surface area contributed by atoms with Crippen molar-refractivity contribution < 1.29 is 4.74 Å². The number of ether oxygens (including phenoxy) is 1. The van der Waals surface area contributed by atoms with E-state index in [1.54, 1.807) is 0 Å². The van der Waals surface area contributed by atoms with E-state index < -0.39 is 0 Å². The van der Waals surface area contributed by atoms with E-state index in [1.165, 1.54) is 6.42 Å². The van der Waals surface area contributed by atoms with Gasteiger partial charge in [-0.05, 0) is 19.8 Å². The summed E-state index contributed by atoms with van der Waals surface area (Å²) >= 11 is 0. The van der Waals surface area contributed by atoms with Crippen LogP contribution in [0.5, 0.6) is 0 Å². The molecule has 1 saturated heterocycles. The molecular weight excluding hydrogens is 202 g/mol. The molecule has 2 heterocycles. The first-order valence-corrected chi connectivity index (χ1v) is 5.82. The molecule has 2 atom stereocenters. The summed E-state index contributed by atoms with van der Waals surface area (Å²) in [6, 6.07) is 0.331. The quantitative estimate of drug-likeness (QED) is 0.775. The van der Waals surface area contributed by atoms with Crippen LogP contribution < -0.4 is 5.32 Å². The SMILES string of the molecule is C=CCNc1nccn1C(C)C1CCCO1. The molecule has 0 spiro atoms. The lowest BCUT2D eigenvalue weighted by atomic mass is 10.1. The standard InChI is InChI=1S/C12H19N3O/c1-3-6-13-12-14-7-8-15(12)10(2)11-5-4-9-16-11/h3,7-8,10-11H,1,4-6,9H2,2H3,(H,13,14). The first-order chi connectivity index (χ1) is 7.83. The Labute approximate surface area is 96.3 Å². The minimum absolute atomic E-state index is 0.318. The van der Waals surface area contributed by atoms with Crippen molar-refractivity contribution in [2.75, 3.05) is 18.5 Å². The molecule has 1 N–H and O–H groups in total. The monoisotopic (exact) mass is 221 g/mol. The molecular formula is C12H19N3O. The molecule has 0 radical (unpaired) electrons. The second kappa shape index (κ2) is 5.16. The Balaban J connectivity index is 2.06. The molecule has 88 valence electrons. The van der Waals surface area contributed by atoms with Crippen LogP contribution in [0.25, 0.3) is 0 Å². The smallest absolute Gasteiger partial charge is 0.203 e. The number of imidazole rings is 1. The van der Waals surface area contributed by atoms with Crippen molar-refractivity contribution in [3.05, 3.63) is 25.0 Å². The number of nitrogens with one attached hydrogen (secondary N) is 1. The molecule has 0 aromatic carbocycles. The third-order valence-corrected chi connectivity index (χ3v) is 3.01. The number of rotatable bonds is 5. The Kier molecular flexibility index (Phi) is 3.62. The highest BCUT2D eigenvalue weighted by Gasteiger charge is 2.24. The van der Waals surface area contributed by atoms with Crippen LogP contribution in [-0.2, 0) is 4.74 Å². The molecule has 1 aliphatic heterocycles. The maximum Gasteiger partial charge on any atom is 0.203 e. The van der Waals surface area contributed by atoms with Crippen LogP contribution in [0.3, 0.4) is 0 Å². The fraction of sp³-hybridized carbons (Fsp3) is 0.583. The van der Waals surface area contributed by atoms with Gasteiger partial charge in [0, 0.05) is 25.5 Å². The summed E-state index contributed by atoms with van der Waals surface area (Å²) in [6.07, 6.45) is 8.27. The maximum atomic E-state index is 5.70. The summed E-state index contributed by atoms with van der Waals surface area (Å²) < 4.78 is 7.84. The van der Waals surface area contributed by atoms with Crippen molar-refractivity contribution in [1.82, 2.24) is 9.55 Å². The highest BCUT2D eigenvalue weighted by atomic mass is 16.5. The topological polar surface area (TPSA) is 39.1 Å². The van der Waals surface area contributed by atoms with Gasteiger partial charge in [0.2, 0.25) is 5.95 Å². The zero-order valence-electron chi connectivity index (χ0n) is 9.72. The van der Waals surface area contributed by atoms with Gasteiger partial charge in [0.15, 0.2) is 0 Å². The van der Waals surface area contributed by atoms with E-state index in [0.717, 1.165) is 25.5 Å². The summed E-state index contributed by atoms with van der Waals surface area (Å²) in [5.74, 6) is 0.892. The van der Waals surface area contributed by atoms with E-state index >= 15 is 0 Å². The lowest BCUT2D eigenvalue weighted by Gasteiger charge is -2.22. The first-order valence-electron chi connectivity index (χ1n) is 5.82. The number of anilines is 1. The molecule has 0 saturated carbocycles. The third-order valence-electron chi connectivity index (χ3n) is 3.01. The Morgan fingerprint density at radius 1 is 1.81 bits per heavy atom. The van der Waals surface area contributed by atoms with Crippen LogP contribution in [0.4, 0.5) is 5.95 Å². The molecule has 4 heteroatoms. The maximum absolute atomic E-state index is 5.70. The van der Waals surface area contributed by atoms with E-state index in [4.69, 9.17) is 4.74 Å². The number of nitrogens with zero attached hydrogens (tertiary/aromatic N) is 2. The highest BCUT2D eigenvalue weighted by molar-refractivity contribution is 5.27. The molecule has 1 fully saturated rings. The van der Waals surface area contributed by atoms with Crippen LogP contribution >= 0.6 is 0 Å². The van der Waals surface area contributed by atoms with E-state index in [1.807, 2.05) is 18.5 Å². The Morgan fingerprint density at radius 3 is 3.38 bits per heavy atom. The predicted molar refractivity (Wildman–Crippen MR) is 64.6 cm³/mol. The fourth-order valence-electron chi connectivity index (χ4n) is 2.10. The normalized spacial score (nSPS) is 21.9. The number of hydrogen-bond acceptors (Lipinski definition) is 3. The molecule has 4 nitrogen and oxygen atoms in total. The average Bonchev–Trinajstić information content (AvgIpc) is 2.96. The second-order valence-electron chi connectivity index (χ2n) is 4.12. The lowest BCUT2D eigenvalue weighted by molar-refractivity contribution is 0.0739. The summed E-state index contributed by atoms with van der Waals surface area (Å²) in [6.45, 7) is 7.48. The van der Waals surface area contributed by atoms with E-state index in [0.29, 0.717) is 12.1 Å². The van der Waals surface area contributed by atoms with Gasteiger partial charge in [0.25, 0.3) is 0 Å². The molecule has 0 aliphatic carbocycles. The van der Waals surface area contributed by atoms with Crippen LogP contribution in [0.1, 0.15) is 25.8 Å². The molecule has 0 amide bonds. The van der Waals surface area contributed by atoms with Crippen LogP contribution in [0.2, 0.25) is 0 Å². The van der Waals surface area contributed by atoms with Crippen molar-refractivity contribution in [1.29, 1.82) is 0 Å². The minimum Gasteiger partial charge on any atom is -0.376 e. The van der Waals surface area contributed by atoms with Crippen LogP contribution in [-0.4, -0.2) is 28.8 Å². The third kappa shape index (κ3) is 2.27. The van der Waals surface area contributed by atoms with E-state index in [2.05, 4.69) is 28.4 Å². The van der Waals surface area contributed by atoms with E-state index in [-0.39, 0.29) is 0 Å². The van der Waals surface area contributed by atoms with Crippen molar-refractivity contribution in [2.24, 2.45) is 0 Å². The molecule has 0 bridgehead atoms. The summed E-state index contributed by atoms with van der Waals surface area (Å²) in [5, 5.41) is 3.23. The van der Waals surface area contributed by atoms with E-state index in [9.17, 15) is 0 Å². The molecule has 2 rings (SSSR count). The number of hydrogen-bond donors (Lipinski definition) is 1. The van der Waals surface area contributed by atoms with Crippen LogP contribution in [0, 0.1) is 0 Å². The molecule has 1 aromatic rings. The molecule has 16 heavy (non-hydrogen) atoms. The zero-order valence-corrected chi connectivity index (χ0v) is 9.72. The van der Waals surface area contributed by atoms with Crippen molar-refractivity contribution in [2.45, 2.75) is 31.9 Å². The largest absolute Gasteiger partial charge is 0.376 e. The Hall–Kier alpha value is -1.29. The summed E-state index contributed by atoms with van der Waals surface area (Å²) in [4.78, 5) is 4.29. The van der Waals surface area contributed by atoms with Crippen molar-refractivity contribution in [3.63, 3.8) is 0 Å². The fourth-order valence-corrected chi connectivity index (χ4v) is 2.10. The molecule has 2 unspecified atom stereocenters. The van der Waals surface area contributed by atoms with Gasteiger partial charge >= 0.3 is 0 Å². The van der Waals surface area contributed by atoms with Gasteiger partial charge in [-0.25, -0.2) is 4.98 Å². The van der Waals surface area contributed by atoms with Crippen molar-refractivity contribution in [3.8, 4) is 0 Å². The first kappa shape index (κ1) is 11.2. The van der Waals surface area contributed by atoms with Gasteiger partial charge in [0.1, 0.15) is 0 Å². The predicted octanol–water partition coefficient (Wildman–Crippen LogP) is 2.22. The summed E-state index contributed by atoms with van der Waals surface area (Å²) in [7, 11) is 0. The Bertz CT molecular complexity index is 342. The van der Waals surface area contributed by atoms with Crippen molar-refractivity contribution >= 4 is 5.95 Å². The molecule has 1 aliphatic rings. The number of aromatic nitrogens is 2. The van der Waals surface area contributed by atoms with Gasteiger partial charge in [-0.1, -0.05) is 6.08 Å². The average molecular weight is 221 g/mol. The van der Waals surface area contributed by atoms with Gasteiger partial charge in [0.05, 0.1) is 12.1 Å². The lowest BCUT2D eigenvalue weighted by Crippen LogP contribution is -2.22. The highest BCUT2D eigenvalue weighted by Crippen LogP contribution is 2.26. The molecule has 1 aromatic heterocycles. The van der Waals surface area contributed by atoms with Gasteiger partial charge in [-0.2, -0.15) is 0 Å². The Morgan fingerprint density at radius 2 is 2.69 bits per heavy atom. The second-order valence-corrected chi connectivity index (χ2v) is 4.12. The van der Waals surface area contributed by atoms with Gasteiger partial charge in [-0.3, -0.25) is 0 Å². The summed E-state index contributed by atoms with van der Waals surface area (Å²) in [5.41, 5.74) is 0. The van der Waals surface area contributed by atoms with Gasteiger partial charge < -0.3 is 14.6 Å². The van der Waals surface area contributed by atoms with Crippen LogP contribution in [0.15, 0.2) is 25.0 Å².